The molecule has 0 saturated heterocycles. The Bertz CT molecular complexity index is 142. The molecule has 0 heterocycles. The standard InChI is InChI=1S/C9H15F.CH3F/c1-4-5-6-7-8(2)9(3)10;1-2/h6-7H,4-5H2,1-3H3;1H3/b7-6-,9-8+;. The lowest BCUT2D eigenvalue weighted by molar-refractivity contribution is 0.631. The summed E-state index contributed by atoms with van der Waals surface area (Å²) >= 11 is 0. The lowest BCUT2D eigenvalue weighted by atomic mass is 10.2. The quantitative estimate of drug-likeness (QED) is 0.565. The third-order valence-corrected chi connectivity index (χ3v) is 1.37. The van der Waals surface area contributed by atoms with Crippen LogP contribution in [0, 0.1) is 0 Å². The Morgan fingerprint density at radius 3 is 2.08 bits per heavy atom. The van der Waals surface area contributed by atoms with Gasteiger partial charge in [0.2, 0.25) is 0 Å². The third-order valence-electron chi connectivity index (χ3n) is 1.37. The Morgan fingerprint density at radius 2 is 1.75 bits per heavy atom. The molecule has 0 aliphatic heterocycles. The first kappa shape index (κ1) is 13.9. The van der Waals surface area contributed by atoms with E-state index >= 15 is 0 Å². The Morgan fingerprint density at radius 1 is 1.25 bits per heavy atom. The predicted molar refractivity (Wildman–Crippen MR) is 50.6 cm³/mol. The molecule has 0 rings (SSSR count). The highest BCUT2D eigenvalue weighted by Gasteiger charge is 1.87. The molecule has 72 valence electrons. The minimum absolute atomic E-state index is 0.0904. The van der Waals surface area contributed by atoms with Crippen molar-refractivity contribution in [3.8, 4) is 0 Å². The number of hydrogen-bond donors (Lipinski definition) is 0. The van der Waals surface area contributed by atoms with Gasteiger partial charge in [-0.25, -0.2) is 4.39 Å². The van der Waals surface area contributed by atoms with Crippen LogP contribution in [0.3, 0.4) is 0 Å². The van der Waals surface area contributed by atoms with Crippen LogP contribution in [0.1, 0.15) is 33.6 Å². The molecule has 12 heavy (non-hydrogen) atoms. The van der Waals surface area contributed by atoms with E-state index in [0.29, 0.717) is 7.18 Å². The van der Waals surface area contributed by atoms with Crippen LogP contribution in [-0.2, 0) is 0 Å². The number of hydrogen-bond acceptors (Lipinski definition) is 0. The SMILES string of the molecule is CCC/C=C\C(C)=C(/C)F.CF. The molecule has 0 amide bonds. The van der Waals surface area contributed by atoms with Gasteiger partial charge >= 0.3 is 0 Å². The largest absolute Gasteiger partial charge is 0.255 e. The minimum Gasteiger partial charge on any atom is -0.255 e. The zero-order valence-corrected chi connectivity index (χ0v) is 8.32. The monoisotopic (exact) mass is 176 g/mol. The summed E-state index contributed by atoms with van der Waals surface area (Å²) in [7, 11) is 0.500. The number of rotatable bonds is 3. The molecular weight excluding hydrogens is 158 g/mol. The third kappa shape index (κ3) is 9.34. The molecule has 0 spiro atoms. The lowest BCUT2D eigenvalue weighted by Gasteiger charge is -1.90. The number of allylic oxidation sites excluding steroid dienone is 4. The van der Waals surface area contributed by atoms with Crippen LogP contribution < -0.4 is 0 Å². The molecule has 0 atom stereocenters. The van der Waals surface area contributed by atoms with E-state index in [0.717, 1.165) is 18.4 Å². The molecule has 0 saturated carbocycles. The Kier molecular flexibility index (Phi) is 12.0. The van der Waals surface area contributed by atoms with Crippen LogP contribution in [0.4, 0.5) is 8.78 Å². The maximum absolute atomic E-state index is 12.4. The first-order valence-corrected chi connectivity index (χ1v) is 4.05. The van der Waals surface area contributed by atoms with Crippen LogP contribution in [0.5, 0.6) is 0 Å². The van der Waals surface area contributed by atoms with Crippen LogP contribution in [-0.4, -0.2) is 7.18 Å². The first-order chi connectivity index (χ1) is 5.68. The summed E-state index contributed by atoms with van der Waals surface area (Å²) in [6, 6.07) is 0. The second-order valence-corrected chi connectivity index (χ2v) is 2.41. The molecule has 0 N–H and O–H groups in total. The summed E-state index contributed by atoms with van der Waals surface area (Å²) in [5, 5.41) is 0. The van der Waals surface area contributed by atoms with Gasteiger partial charge in [0.05, 0.1) is 13.0 Å². The Hall–Kier alpha value is -0.660. The maximum Gasteiger partial charge on any atom is 0.0997 e. The Balaban J connectivity index is 0. The van der Waals surface area contributed by atoms with E-state index in [1.54, 1.807) is 6.92 Å². The fraction of sp³-hybridized carbons (Fsp3) is 0.600. The van der Waals surface area contributed by atoms with Gasteiger partial charge < -0.3 is 0 Å². The summed E-state index contributed by atoms with van der Waals surface area (Å²) in [5.41, 5.74) is 0.730. The molecule has 0 aliphatic carbocycles. The van der Waals surface area contributed by atoms with Crippen LogP contribution in [0.2, 0.25) is 0 Å². The first-order valence-electron chi connectivity index (χ1n) is 4.05. The van der Waals surface area contributed by atoms with E-state index in [4.69, 9.17) is 0 Å². The molecule has 0 aromatic carbocycles. The molecule has 0 aromatic heterocycles. The molecule has 0 fully saturated rings. The second-order valence-electron chi connectivity index (χ2n) is 2.41. The highest BCUT2D eigenvalue weighted by atomic mass is 19.1. The smallest absolute Gasteiger partial charge is 0.0997 e. The summed E-state index contributed by atoms with van der Waals surface area (Å²) in [4.78, 5) is 0. The molecule has 0 aliphatic rings. The lowest BCUT2D eigenvalue weighted by Crippen LogP contribution is -1.71. The van der Waals surface area contributed by atoms with E-state index in [9.17, 15) is 8.78 Å². The van der Waals surface area contributed by atoms with Gasteiger partial charge in [-0.3, -0.25) is 4.39 Å². The summed E-state index contributed by atoms with van der Waals surface area (Å²) < 4.78 is 21.9. The normalized spacial score (nSPS) is 12.2. The summed E-state index contributed by atoms with van der Waals surface area (Å²) in [5.74, 6) is -0.0904. The highest BCUT2D eigenvalue weighted by Crippen LogP contribution is 2.05. The zero-order chi connectivity index (χ0) is 9.98. The van der Waals surface area contributed by atoms with E-state index < -0.39 is 0 Å². The van der Waals surface area contributed by atoms with Crippen LogP contribution in [0.15, 0.2) is 23.6 Å². The van der Waals surface area contributed by atoms with Gasteiger partial charge in [-0.1, -0.05) is 25.5 Å². The topological polar surface area (TPSA) is 0 Å². The summed E-state index contributed by atoms with van der Waals surface area (Å²) in [6.07, 6.45) is 5.98. The van der Waals surface area contributed by atoms with Gasteiger partial charge in [0.1, 0.15) is 0 Å². The second kappa shape index (κ2) is 10.3. The number of halogens is 2. The number of alkyl halides is 1. The van der Waals surface area contributed by atoms with E-state index in [1.165, 1.54) is 6.92 Å². The zero-order valence-electron chi connectivity index (χ0n) is 8.32. The van der Waals surface area contributed by atoms with Crippen molar-refractivity contribution in [3.63, 3.8) is 0 Å². The van der Waals surface area contributed by atoms with Gasteiger partial charge in [0.15, 0.2) is 0 Å². The Labute approximate surface area is 74.0 Å². The predicted octanol–water partition coefficient (Wildman–Crippen LogP) is 4.19. The van der Waals surface area contributed by atoms with Crippen molar-refractivity contribution in [3.05, 3.63) is 23.6 Å². The van der Waals surface area contributed by atoms with Crippen molar-refractivity contribution >= 4 is 0 Å². The van der Waals surface area contributed by atoms with Crippen molar-refractivity contribution in [2.75, 3.05) is 7.18 Å². The summed E-state index contributed by atoms with van der Waals surface area (Å²) in [6.45, 7) is 5.36. The number of unbranched alkanes of at least 4 members (excludes halogenated alkanes) is 1. The fourth-order valence-corrected chi connectivity index (χ4v) is 0.542. The molecule has 0 radical (unpaired) electrons. The fourth-order valence-electron chi connectivity index (χ4n) is 0.542. The van der Waals surface area contributed by atoms with Crippen molar-refractivity contribution in [1.29, 1.82) is 0 Å². The minimum atomic E-state index is -0.0904. The molecule has 0 bridgehead atoms. The van der Waals surface area contributed by atoms with Crippen LogP contribution >= 0.6 is 0 Å². The van der Waals surface area contributed by atoms with Crippen molar-refractivity contribution in [2.24, 2.45) is 0 Å². The van der Waals surface area contributed by atoms with Gasteiger partial charge in [-0.15, -0.1) is 0 Å². The molecular formula is C10H18F2. The van der Waals surface area contributed by atoms with Gasteiger partial charge in [0, 0.05) is 0 Å². The van der Waals surface area contributed by atoms with E-state index in [1.807, 2.05) is 12.2 Å². The van der Waals surface area contributed by atoms with Gasteiger partial charge in [-0.05, 0) is 25.8 Å². The average Bonchev–Trinajstić information content (AvgIpc) is 2.08. The van der Waals surface area contributed by atoms with E-state index in [-0.39, 0.29) is 5.83 Å². The molecule has 2 heteroatoms. The van der Waals surface area contributed by atoms with Gasteiger partial charge in [0.25, 0.3) is 0 Å². The van der Waals surface area contributed by atoms with Crippen molar-refractivity contribution < 1.29 is 8.78 Å². The van der Waals surface area contributed by atoms with E-state index in [2.05, 4.69) is 6.92 Å². The van der Waals surface area contributed by atoms with Crippen molar-refractivity contribution in [1.82, 2.24) is 0 Å². The van der Waals surface area contributed by atoms with Gasteiger partial charge in [-0.2, -0.15) is 0 Å². The molecule has 0 nitrogen and oxygen atoms in total. The molecule has 0 unspecified atom stereocenters. The average molecular weight is 176 g/mol. The highest BCUT2D eigenvalue weighted by molar-refractivity contribution is 5.18. The maximum atomic E-state index is 12.4. The molecule has 0 aromatic rings. The van der Waals surface area contributed by atoms with Crippen molar-refractivity contribution in [2.45, 2.75) is 33.6 Å². The van der Waals surface area contributed by atoms with Crippen LogP contribution in [0.25, 0.3) is 0 Å².